The summed E-state index contributed by atoms with van der Waals surface area (Å²) in [5, 5.41) is 12.7. The molecule has 2 aromatic heterocycles. The molecule has 4 rings (SSSR count). The van der Waals surface area contributed by atoms with E-state index in [0.717, 1.165) is 20.4 Å². The summed E-state index contributed by atoms with van der Waals surface area (Å²) in [4.78, 5) is 22.5. The summed E-state index contributed by atoms with van der Waals surface area (Å²) in [5.74, 6) is -0.279. The van der Waals surface area contributed by atoms with Crippen molar-refractivity contribution in [3.8, 4) is 5.75 Å². The zero-order chi connectivity index (χ0) is 24.1. The number of amides is 1. The van der Waals surface area contributed by atoms with Crippen molar-refractivity contribution in [2.45, 2.75) is 6.54 Å². The van der Waals surface area contributed by atoms with Crippen LogP contribution in [0, 0.1) is 9.39 Å². The van der Waals surface area contributed by atoms with Crippen LogP contribution in [0.25, 0.3) is 10.9 Å². The first-order valence-corrected chi connectivity index (χ1v) is 11.4. The summed E-state index contributed by atoms with van der Waals surface area (Å²) < 4.78 is 22.5. The molecule has 34 heavy (non-hydrogen) atoms. The van der Waals surface area contributed by atoms with Gasteiger partial charge in [0.1, 0.15) is 17.3 Å². The minimum atomic E-state index is -0.549. The van der Waals surface area contributed by atoms with Crippen LogP contribution in [0.1, 0.15) is 16.1 Å². The second-order valence-corrected chi connectivity index (χ2v) is 8.55. The average molecular weight is 576 g/mol. The van der Waals surface area contributed by atoms with Crippen molar-refractivity contribution in [2.24, 2.45) is 0 Å². The molecule has 176 valence electrons. The Labute approximate surface area is 208 Å². The number of carbonyl (C=O) groups is 1. The van der Waals surface area contributed by atoms with Gasteiger partial charge in [-0.15, -0.1) is 0 Å². The number of ether oxygens (including phenoxy) is 1. The van der Waals surface area contributed by atoms with Crippen LogP contribution in [-0.4, -0.2) is 40.9 Å². The molecular formula is C24H22FIN4O4. The molecule has 1 amide bonds. The number of hydroxylamine groups is 1. The van der Waals surface area contributed by atoms with Crippen molar-refractivity contribution >= 4 is 50.8 Å². The number of halogens is 2. The van der Waals surface area contributed by atoms with Gasteiger partial charge in [-0.1, -0.05) is 12.1 Å². The Morgan fingerprint density at radius 2 is 2.00 bits per heavy atom. The number of nitrogens with one attached hydrogen (secondary N) is 2. The summed E-state index contributed by atoms with van der Waals surface area (Å²) in [6, 6.07) is 14.1. The maximum atomic E-state index is 14.7. The van der Waals surface area contributed by atoms with Crippen LogP contribution in [0.4, 0.5) is 15.8 Å². The van der Waals surface area contributed by atoms with Crippen LogP contribution in [0.2, 0.25) is 0 Å². The van der Waals surface area contributed by atoms with E-state index >= 15 is 0 Å². The Kier molecular flexibility index (Phi) is 7.60. The standard InChI is InChI=1S/C24H22FIN4O4/c1-33-17-5-2-15(3-6-17)14-30-21-8-9-27-13-18(21)22(23(30)24(32)29-34-11-10-31)28-20-7-4-16(26)12-19(20)25/h2-9,12-13,28,31H,10-11,14H2,1H3,(H,29,32). The molecule has 0 saturated heterocycles. The highest BCUT2D eigenvalue weighted by atomic mass is 127. The highest BCUT2D eigenvalue weighted by Gasteiger charge is 2.24. The number of fused-ring (bicyclic) bond motifs is 1. The summed E-state index contributed by atoms with van der Waals surface area (Å²) >= 11 is 2.03. The van der Waals surface area contributed by atoms with Crippen LogP contribution in [0.15, 0.2) is 60.9 Å². The number of aliphatic hydroxyl groups excluding tert-OH is 1. The van der Waals surface area contributed by atoms with Gasteiger partial charge in [0, 0.05) is 27.9 Å². The highest BCUT2D eigenvalue weighted by molar-refractivity contribution is 14.1. The van der Waals surface area contributed by atoms with Gasteiger partial charge in [-0.25, -0.2) is 9.87 Å². The largest absolute Gasteiger partial charge is 0.497 e. The molecular weight excluding hydrogens is 554 g/mol. The number of rotatable bonds is 9. The number of anilines is 2. The second-order valence-electron chi connectivity index (χ2n) is 7.30. The summed E-state index contributed by atoms with van der Waals surface area (Å²) in [5.41, 5.74) is 4.85. The quantitative estimate of drug-likeness (QED) is 0.157. The van der Waals surface area contributed by atoms with Crippen LogP contribution in [-0.2, 0) is 11.4 Å². The van der Waals surface area contributed by atoms with Gasteiger partial charge in [-0.05, 0) is 64.6 Å². The van der Waals surface area contributed by atoms with Gasteiger partial charge >= 0.3 is 0 Å². The number of carbonyl (C=O) groups excluding carboxylic acids is 1. The van der Waals surface area contributed by atoms with Crippen molar-refractivity contribution in [3.05, 3.63) is 81.6 Å². The summed E-state index contributed by atoms with van der Waals surface area (Å²) in [6.07, 6.45) is 3.25. The molecule has 0 radical (unpaired) electrons. The number of pyridine rings is 1. The third-order valence-corrected chi connectivity index (χ3v) is 5.80. The Morgan fingerprint density at radius 3 is 2.71 bits per heavy atom. The lowest BCUT2D eigenvalue weighted by Gasteiger charge is -2.14. The lowest BCUT2D eigenvalue weighted by Crippen LogP contribution is -2.28. The molecule has 4 aromatic rings. The van der Waals surface area contributed by atoms with E-state index in [1.807, 2.05) is 51.4 Å². The van der Waals surface area contributed by atoms with Gasteiger partial charge < -0.3 is 19.7 Å². The number of hydrogen-bond donors (Lipinski definition) is 3. The van der Waals surface area contributed by atoms with E-state index in [1.54, 1.807) is 37.7 Å². The van der Waals surface area contributed by atoms with Gasteiger partial charge in [-0.3, -0.25) is 14.6 Å². The number of aromatic nitrogens is 2. The molecule has 2 heterocycles. The lowest BCUT2D eigenvalue weighted by atomic mass is 10.2. The fraction of sp³-hybridized carbons (Fsp3) is 0.167. The molecule has 2 aromatic carbocycles. The molecule has 0 fully saturated rings. The van der Waals surface area contributed by atoms with Gasteiger partial charge in [0.25, 0.3) is 5.91 Å². The zero-order valence-corrected chi connectivity index (χ0v) is 20.4. The van der Waals surface area contributed by atoms with E-state index < -0.39 is 11.7 Å². The first-order chi connectivity index (χ1) is 16.5. The van der Waals surface area contributed by atoms with Crippen molar-refractivity contribution in [2.75, 3.05) is 25.6 Å². The van der Waals surface area contributed by atoms with Gasteiger partial charge in [-0.2, -0.15) is 0 Å². The first kappa shape index (κ1) is 23.9. The van der Waals surface area contributed by atoms with Crippen LogP contribution < -0.4 is 15.5 Å². The normalized spacial score (nSPS) is 10.9. The maximum Gasteiger partial charge on any atom is 0.293 e. The fourth-order valence-corrected chi connectivity index (χ4v) is 4.03. The van der Waals surface area contributed by atoms with Crippen LogP contribution in [0.3, 0.4) is 0 Å². The minimum absolute atomic E-state index is 0.0689. The number of methoxy groups -OCH3 is 1. The lowest BCUT2D eigenvalue weighted by molar-refractivity contribution is 0.0163. The SMILES string of the molecule is COc1ccc(Cn2c(C(=O)NOCCO)c(Nc3ccc(I)cc3F)c3cnccc32)cc1. The number of aliphatic hydroxyl groups is 1. The second kappa shape index (κ2) is 10.8. The van der Waals surface area contributed by atoms with E-state index in [1.165, 1.54) is 6.07 Å². The summed E-state index contributed by atoms with van der Waals surface area (Å²) in [7, 11) is 1.60. The van der Waals surface area contributed by atoms with E-state index in [9.17, 15) is 9.18 Å². The van der Waals surface area contributed by atoms with E-state index in [0.29, 0.717) is 17.6 Å². The minimum Gasteiger partial charge on any atom is -0.497 e. The molecule has 0 bridgehead atoms. The van der Waals surface area contributed by atoms with Gasteiger partial charge in [0.15, 0.2) is 0 Å². The van der Waals surface area contributed by atoms with Crippen molar-refractivity contribution in [3.63, 3.8) is 0 Å². The van der Waals surface area contributed by atoms with E-state index in [-0.39, 0.29) is 24.6 Å². The molecule has 0 aliphatic heterocycles. The fourth-order valence-electron chi connectivity index (χ4n) is 3.57. The first-order valence-electron chi connectivity index (χ1n) is 10.4. The number of hydrogen-bond acceptors (Lipinski definition) is 6. The Morgan fingerprint density at radius 1 is 1.21 bits per heavy atom. The Balaban J connectivity index is 1.84. The van der Waals surface area contributed by atoms with Crippen LogP contribution in [0.5, 0.6) is 5.75 Å². The molecule has 0 spiro atoms. The molecule has 0 saturated carbocycles. The molecule has 0 unspecified atom stereocenters. The number of benzene rings is 2. The maximum absolute atomic E-state index is 14.7. The molecule has 10 heteroatoms. The molecule has 3 N–H and O–H groups in total. The predicted octanol–water partition coefficient (Wildman–Crippen LogP) is 4.23. The van der Waals surface area contributed by atoms with E-state index in [4.69, 9.17) is 14.7 Å². The van der Waals surface area contributed by atoms with Gasteiger partial charge in [0.05, 0.1) is 37.2 Å². The molecule has 0 atom stereocenters. The monoisotopic (exact) mass is 576 g/mol. The topological polar surface area (TPSA) is 97.6 Å². The summed E-state index contributed by atoms with van der Waals surface area (Å²) in [6.45, 7) is 0.0304. The van der Waals surface area contributed by atoms with Gasteiger partial charge in [0.2, 0.25) is 0 Å². The Hall–Kier alpha value is -3.22. The zero-order valence-electron chi connectivity index (χ0n) is 18.2. The predicted molar refractivity (Wildman–Crippen MR) is 135 cm³/mol. The average Bonchev–Trinajstić information content (AvgIpc) is 3.14. The smallest absolute Gasteiger partial charge is 0.293 e. The molecule has 0 aliphatic carbocycles. The third kappa shape index (κ3) is 5.13. The third-order valence-electron chi connectivity index (χ3n) is 5.13. The van der Waals surface area contributed by atoms with Crippen molar-refractivity contribution < 1.29 is 23.9 Å². The molecule has 0 aliphatic rings. The Bertz CT molecular complexity index is 1310. The van der Waals surface area contributed by atoms with Crippen molar-refractivity contribution in [1.29, 1.82) is 0 Å². The number of nitrogens with zero attached hydrogens (tertiary/aromatic N) is 2. The molecule has 8 nitrogen and oxygen atoms in total. The van der Waals surface area contributed by atoms with Crippen molar-refractivity contribution in [1.82, 2.24) is 15.0 Å². The van der Waals surface area contributed by atoms with Crippen LogP contribution >= 0.6 is 22.6 Å². The van der Waals surface area contributed by atoms with E-state index in [2.05, 4.69) is 15.8 Å². The highest BCUT2D eigenvalue weighted by Crippen LogP contribution is 2.35.